The van der Waals surface area contributed by atoms with Gasteiger partial charge in [-0.2, -0.15) is 0 Å². The van der Waals surface area contributed by atoms with Gasteiger partial charge in [-0.25, -0.2) is 4.39 Å². The van der Waals surface area contributed by atoms with Gasteiger partial charge in [0.1, 0.15) is 5.82 Å². The van der Waals surface area contributed by atoms with E-state index in [1.165, 1.54) is 6.07 Å². The Balaban J connectivity index is 2.47. The first kappa shape index (κ1) is 10.7. The number of halogens is 1. The molecule has 17 heavy (non-hydrogen) atoms. The number of hydrogen-bond acceptors (Lipinski definition) is 1. The summed E-state index contributed by atoms with van der Waals surface area (Å²) in [5.41, 5.74) is 1.76. The zero-order valence-corrected chi connectivity index (χ0v) is 10.00. The van der Waals surface area contributed by atoms with Crippen LogP contribution in [0.1, 0.15) is 37.5 Å². The minimum absolute atomic E-state index is 0.0952. The van der Waals surface area contributed by atoms with Crippen LogP contribution in [-0.4, -0.2) is 5.11 Å². The van der Waals surface area contributed by atoms with Crippen LogP contribution in [-0.2, 0) is 5.41 Å². The Hall–Kier alpha value is -1.41. The van der Waals surface area contributed by atoms with Crippen LogP contribution in [0.3, 0.4) is 0 Å². The van der Waals surface area contributed by atoms with Crippen LogP contribution in [0.5, 0.6) is 0 Å². The molecule has 3 rings (SSSR count). The van der Waals surface area contributed by atoms with E-state index >= 15 is 0 Å². The minimum atomic E-state index is -0.542. The number of benzene rings is 2. The molecule has 1 aliphatic carbocycles. The molecule has 0 heterocycles. The van der Waals surface area contributed by atoms with Crippen molar-refractivity contribution >= 4 is 10.8 Å². The Morgan fingerprint density at radius 1 is 1.24 bits per heavy atom. The van der Waals surface area contributed by atoms with Crippen LogP contribution in [0.15, 0.2) is 30.3 Å². The second kappa shape index (κ2) is 3.30. The van der Waals surface area contributed by atoms with E-state index in [0.717, 1.165) is 16.5 Å². The predicted molar refractivity (Wildman–Crippen MR) is 66.5 cm³/mol. The molecule has 0 fully saturated rings. The molecule has 1 unspecified atom stereocenters. The molecule has 1 atom stereocenters. The summed E-state index contributed by atoms with van der Waals surface area (Å²) in [7, 11) is 0. The maximum atomic E-state index is 14.0. The van der Waals surface area contributed by atoms with Crippen molar-refractivity contribution in [2.75, 3.05) is 0 Å². The second-order valence-electron chi connectivity index (χ2n) is 5.47. The highest BCUT2D eigenvalue weighted by Crippen LogP contribution is 2.48. The number of fused-ring (bicyclic) bond motifs is 3. The van der Waals surface area contributed by atoms with Gasteiger partial charge in [0, 0.05) is 5.39 Å². The van der Waals surface area contributed by atoms with Crippen molar-refractivity contribution in [3.63, 3.8) is 0 Å². The monoisotopic (exact) mass is 230 g/mol. The molecular weight excluding hydrogens is 215 g/mol. The summed E-state index contributed by atoms with van der Waals surface area (Å²) in [4.78, 5) is 0. The Labute approximate surface area is 99.9 Å². The molecule has 2 heteroatoms. The lowest BCUT2D eigenvalue weighted by atomic mass is 9.83. The average molecular weight is 230 g/mol. The van der Waals surface area contributed by atoms with Crippen molar-refractivity contribution in [3.05, 3.63) is 47.3 Å². The van der Waals surface area contributed by atoms with Gasteiger partial charge in [0.15, 0.2) is 0 Å². The van der Waals surface area contributed by atoms with Crippen LogP contribution < -0.4 is 0 Å². The normalized spacial score (nSPS) is 21.8. The molecule has 2 aromatic carbocycles. The van der Waals surface area contributed by atoms with Crippen molar-refractivity contribution in [2.24, 2.45) is 0 Å². The van der Waals surface area contributed by atoms with Gasteiger partial charge in [0.2, 0.25) is 0 Å². The summed E-state index contributed by atoms with van der Waals surface area (Å²) < 4.78 is 14.0. The third-order valence-electron chi connectivity index (χ3n) is 3.76. The number of rotatable bonds is 0. The lowest BCUT2D eigenvalue weighted by Crippen LogP contribution is -2.13. The summed E-state index contributed by atoms with van der Waals surface area (Å²) >= 11 is 0. The van der Waals surface area contributed by atoms with Gasteiger partial charge < -0.3 is 5.11 Å². The Kier molecular flexibility index (Phi) is 2.08. The molecule has 88 valence electrons. The molecule has 0 bridgehead atoms. The SMILES string of the molecule is CC1(C)CC(O)c2cc(F)c3ccccc3c21. The van der Waals surface area contributed by atoms with E-state index in [4.69, 9.17) is 0 Å². The zero-order valence-electron chi connectivity index (χ0n) is 10.00. The quantitative estimate of drug-likeness (QED) is 0.731. The van der Waals surface area contributed by atoms with Gasteiger partial charge in [-0.3, -0.25) is 0 Å². The number of aliphatic hydroxyl groups excluding tert-OH is 1. The summed E-state index contributed by atoms with van der Waals surface area (Å²) in [5.74, 6) is -0.240. The van der Waals surface area contributed by atoms with Crippen LogP contribution in [0.25, 0.3) is 10.8 Å². The molecular formula is C15H15FO. The standard InChI is InChI=1S/C15H15FO/c1-15(2)8-13(17)11-7-12(16)9-5-3-4-6-10(9)14(11)15/h3-7,13,17H,8H2,1-2H3. The average Bonchev–Trinajstić information content (AvgIpc) is 2.49. The maximum Gasteiger partial charge on any atom is 0.131 e. The minimum Gasteiger partial charge on any atom is -0.388 e. The first-order chi connectivity index (χ1) is 8.00. The van der Waals surface area contributed by atoms with E-state index in [-0.39, 0.29) is 11.2 Å². The highest BCUT2D eigenvalue weighted by atomic mass is 19.1. The van der Waals surface area contributed by atoms with Crippen molar-refractivity contribution in [1.29, 1.82) is 0 Å². The molecule has 0 aromatic heterocycles. The smallest absolute Gasteiger partial charge is 0.131 e. The summed E-state index contributed by atoms with van der Waals surface area (Å²) in [5, 5.41) is 11.6. The summed E-state index contributed by atoms with van der Waals surface area (Å²) in [6, 6.07) is 9.00. The fraction of sp³-hybridized carbons (Fsp3) is 0.333. The van der Waals surface area contributed by atoms with E-state index in [1.54, 1.807) is 6.07 Å². The third kappa shape index (κ3) is 1.40. The van der Waals surface area contributed by atoms with Crippen molar-refractivity contribution < 1.29 is 9.50 Å². The molecule has 0 spiro atoms. The van der Waals surface area contributed by atoms with Gasteiger partial charge in [-0.15, -0.1) is 0 Å². The molecule has 0 saturated carbocycles. The lowest BCUT2D eigenvalue weighted by molar-refractivity contribution is 0.161. The van der Waals surface area contributed by atoms with Gasteiger partial charge in [0.25, 0.3) is 0 Å². The Morgan fingerprint density at radius 3 is 2.59 bits per heavy atom. The highest BCUT2D eigenvalue weighted by Gasteiger charge is 2.37. The second-order valence-corrected chi connectivity index (χ2v) is 5.47. The molecule has 0 amide bonds. The summed E-state index contributed by atoms with van der Waals surface area (Å²) in [6.45, 7) is 4.21. The van der Waals surface area contributed by atoms with Gasteiger partial charge in [0.05, 0.1) is 6.10 Å². The Bertz CT molecular complexity index is 601. The number of hydrogen-bond donors (Lipinski definition) is 1. The van der Waals surface area contributed by atoms with Crippen molar-refractivity contribution in [2.45, 2.75) is 31.8 Å². The highest BCUT2D eigenvalue weighted by molar-refractivity contribution is 5.89. The van der Waals surface area contributed by atoms with E-state index in [0.29, 0.717) is 11.8 Å². The fourth-order valence-corrected chi connectivity index (χ4v) is 3.06. The van der Waals surface area contributed by atoms with Crippen molar-refractivity contribution in [1.82, 2.24) is 0 Å². The predicted octanol–water partition coefficient (Wildman–Crippen LogP) is 3.69. The maximum absolute atomic E-state index is 14.0. The largest absolute Gasteiger partial charge is 0.388 e. The van der Waals surface area contributed by atoms with Crippen LogP contribution in [0.2, 0.25) is 0 Å². The molecule has 0 saturated heterocycles. The van der Waals surface area contributed by atoms with E-state index in [9.17, 15) is 9.50 Å². The first-order valence-electron chi connectivity index (χ1n) is 5.90. The Morgan fingerprint density at radius 2 is 1.88 bits per heavy atom. The molecule has 0 aliphatic heterocycles. The zero-order chi connectivity index (χ0) is 12.2. The lowest BCUT2D eigenvalue weighted by Gasteiger charge is -2.20. The first-order valence-corrected chi connectivity index (χ1v) is 5.90. The van der Waals surface area contributed by atoms with E-state index < -0.39 is 6.10 Å². The molecule has 0 radical (unpaired) electrons. The van der Waals surface area contributed by atoms with Crippen LogP contribution in [0.4, 0.5) is 4.39 Å². The molecule has 2 aromatic rings. The van der Waals surface area contributed by atoms with E-state index in [2.05, 4.69) is 13.8 Å². The van der Waals surface area contributed by atoms with Gasteiger partial charge >= 0.3 is 0 Å². The van der Waals surface area contributed by atoms with Gasteiger partial charge in [-0.05, 0) is 34.4 Å². The summed E-state index contributed by atoms with van der Waals surface area (Å²) in [6.07, 6.45) is 0.120. The molecule has 1 N–H and O–H groups in total. The van der Waals surface area contributed by atoms with E-state index in [1.807, 2.05) is 18.2 Å². The molecule has 1 aliphatic rings. The van der Waals surface area contributed by atoms with Crippen LogP contribution >= 0.6 is 0 Å². The van der Waals surface area contributed by atoms with Crippen molar-refractivity contribution in [3.8, 4) is 0 Å². The van der Waals surface area contributed by atoms with Crippen LogP contribution in [0, 0.1) is 5.82 Å². The van der Waals surface area contributed by atoms with Gasteiger partial charge in [-0.1, -0.05) is 38.1 Å². The third-order valence-corrected chi connectivity index (χ3v) is 3.76. The fourth-order valence-electron chi connectivity index (χ4n) is 3.06. The number of aliphatic hydroxyl groups is 1. The topological polar surface area (TPSA) is 20.2 Å². The molecule has 1 nitrogen and oxygen atoms in total.